The first-order valence-electron chi connectivity index (χ1n) is 4.53. The van der Waals surface area contributed by atoms with Crippen molar-refractivity contribution in [1.29, 1.82) is 0 Å². The van der Waals surface area contributed by atoms with Crippen molar-refractivity contribution in [3.05, 3.63) is 20.8 Å². The van der Waals surface area contributed by atoms with E-state index in [9.17, 15) is 14.4 Å². The number of carboxylic acids is 1. The largest absolute Gasteiger partial charge is 0.481 e. The lowest BCUT2D eigenvalue weighted by atomic mass is 10.4. The van der Waals surface area contributed by atoms with Crippen molar-refractivity contribution in [3.63, 3.8) is 0 Å². The Balaban J connectivity index is 2.94. The molecule has 0 aliphatic rings. The van der Waals surface area contributed by atoms with Gasteiger partial charge in [-0.2, -0.15) is 0 Å². The Morgan fingerprint density at radius 3 is 2.62 bits per heavy atom. The van der Waals surface area contributed by atoms with Crippen LogP contribution < -0.4 is 16.6 Å². The molecule has 1 aromatic heterocycles. The fourth-order valence-electron chi connectivity index (χ4n) is 1.10. The maximum absolute atomic E-state index is 11.5. The van der Waals surface area contributed by atoms with Gasteiger partial charge in [0.15, 0.2) is 0 Å². The third-order valence-electron chi connectivity index (χ3n) is 1.95. The van der Waals surface area contributed by atoms with E-state index in [4.69, 9.17) is 5.11 Å². The predicted octanol–water partition coefficient (Wildman–Crippen LogP) is -1.63. The van der Waals surface area contributed by atoms with Crippen molar-refractivity contribution in [2.24, 2.45) is 14.1 Å². The fraction of sp³-hybridized carbons (Fsp3) is 0.500. The Kier molecular flexibility index (Phi) is 3.44. The molecule has 2 N–H and O–H groups in total. The topological polar surface area (TPSA) is 106 Å². The summed E-state index contributed by atoms with van der Waals surface area (Å²) < 4.78 is 1.90. The Morgan fingerprint density at radius 2 is 2.06 bits per heavy atom. The van der Waals surface area contributed by atoms with E-state index in [2.05, 4.69) is 10.4 Å². The highest BCUT2D eigenvalue weighted by Crippen LogP contribution is 1.89. The third kappa shape index (κ3) is 2.47. The molecule has 0 bridgehead atoms. The van der Waals surface area contributed by atoms with Crippen LogP contribution in [-0.2, 0) is 18.9 Å². The highest BCUT2D eigenvalue weighted by Gasteiger charge is 2.08. The molecule has 88 valence electrons. The fourth-order valence-corrected chi connectivity index (χ4v) is 1.10. The van der Waals surface area contributed by atoms with Crippen molar-refractivity contribution in [1.82, 2.24) is 14.3 Å². The summed E-state index contributed by atoms with van der Waals surface area (Å²) in [6, 6.07) is 0. The molecule has 8 nitrogen and oxygen atoms in total. The lowest BCUT2D eigenvalue weighted by Crippen LogP contribution is -2.40. The summed E-state index contributed by atoms with van der Waals surface area (Å²) in [5.74, 6) is -1.01. The van der Waals surface area contributed by atoms with E-state index in [-0.39, 0.29) is 18.8 Å². The number of anilines is 1. The zero-order valence-electron chi connectivity index (χ0n) is 8.93. The average molecular weight is 228 g/mol. The second-order valence-electron chi connectivity index (χ2n) is 3.19. The standard InChI is InChI=1S/C8H12N4O4/c1-11-7(15)6(9-4-3-5(13)14)10-12(2)8(11)16/h3-4H2,1-2H3,(H,9,10)(H,13,14). The molecule has 0 radical (unpaired) electrons. The molecule has 0 amide bonds. The van der Waals surface area contributed by atoms with Crippen molar-refractivity contribution < 1.29 is 9.90 Å². The summed E-state index contributed by atoms with van der Waals surface area (Å²) in [4.78, 5) is 33.0. The van der Waals surface area contributed by atoms with Crippen LogP contribution in [-0.4, -0.2) is 32.0 Å². The molecule has 0 atom stereocenters. The van der Waals surface area contributed by atoms with Gasteiger partial charge in [-0.1, -0.05) is 0 Å². The van der Waals surface area contributed by atoms with E-state index in [1.165, 1.54) is 14.1 Å². The number of hydrogen-bond donors (Lipinski definition) is 2. The first-order chi connectivity index (χ1) is 7.43. The molecular formula is C8H12N4O4. The highest BCUT2D eigenvalue weighted by atomic mass is 16.4. The molecule has 0 aliphatic heterocycles. The number of carbonyl (C=O) groups is 1. The summed E-state index contributed by atoms with van der Waals surface area (Å²) in [6.07, 6.45) is -0.131. The van der Waals surface area contributed by atoms with Gasteiger partial charge in [0.25, 0.3) is 5.56 Å². The Bertz CT molecular complexity index is 516. The number of nitrogens with zero attached hydrogens (tertiary/aromatic N) is 3. The monoisotopic (exact) mass is 228 g/mol. The van der Waals surface area contributed by atoms with Crippen LogP contribution in [0.2, 0.25) is 0 Å². The van der Waals surface area contributed by atoms with E-state index in [0.717, 1.165) is 9.25 Å². The van der Waals surface area contributed by atoms with Crippen LogP contribution in [0, 0.1) is 0 Å². The van der Waals surface area contributed by atoms with Gasteiger partial charge in [0.2, 0.25) is 5.82 Å². The van der Waals surface area contributed by atoms with Gasteiger partial charge in [-0.05, 0) is 0 Å². The van der Waals surface area contributed by atoms with Gasteiger partial charge in [-0.15, -0.1) is 5.10 Å². The van der Waals surface area contributed by atoms with E-state index >= 15 is 0 Å². The van der Waals surface area contributed by atoms with Crippen LogP contribution >= 0.6 is 0 Å². The number of hydrogen-bond acceptors (Lipinski definition) is 5. The molecular weight excluding hydrogens is 216 g/mol. The number of aromatic nitrogens is 3. The number of nitrogens with one attached hydrogen (secondary N) is 1. The Morgan fingerprint density at radius 1 is 1.44 bits per heavy atom. The zero-order valence-corrected chi connectivity index (χ0v) is 8.93. The van der Waals surface area contributed by atoms with E-state index in [1.54, 1.807) is 0 Å². The summed E-state index contributed by atoms with van der Waals surface area (Å²) >= 11 is 0. The molecule has 0 spiro atoms. The van der Waals surface area contributed by atoms with Crippen LogP contribution in [0.15, 0.2) is 9.59 Å². The smallest absolute Gasteiger partial charge is 0.346 e. The van der Waals surface area contributed by atoms with Gasteiger partial charge in [-0.3, -0.25) is 14.2 Å². The molecule has 8 heteroatoms. The van der Waals surface area contributed by atoms with Gasteiger partial charge in [0.1, 0.15) is 0 Å². The van der Waals surface area contributed by atoms with E-state index in [0.29, 0.717) is 0 Å². The van der Waals surface area contributed by atoms with Crippen LogP contribution in [0.4, 0.5) is 5.82 Å². The number of aryl methyl sites for hydroxylation is 1. The summed E-state index contributed by atoms with van der Waals surface area (Å²) in [6.45, 7) is 0.0791. The van der Waals surface area contributed by atoms with E-state index in [1.807, 2.05) is 0 Å². The molecule has 0 saturated carbocycles. The molecule has 16 heavy (non-hydrogen) atoms. The van der Waals surface area contributed by atoms with Gasteiger partial charge in [-0.25, -0.2) is 9.48 Å². The summed E-state index contributed by atoms with van der Waals surface area (Å²) in [5.41, 5.74) is -1.11. The second-order valence-corrected chi connectivity index (χ2v) is 3.19. The lowest BCUT2D eigenvalue weighted by molar-refractivity contribution is -0.136. The van der Waals surface area contributed by atoms with Crippen LogP contribution in [0.5, 0.6) is 0 Å². The summed E-state index contributed by atoms with van der Waals surface area (Å²) in [5, 5.41) is 14.7. The molecule has 0 saturated heterocycles. The average Bonchev–Trinajstić information content (AvgIpc) is 2.22. The zero-order chi connectivity index (χ0) is 12.3. The van der Waals surface area contributed by atoms with Crippen molar-refractivity contribution >= 4 is 11.8 Å². The molecule has 0 aliphatic carbocycles. The van der Waals surface area contributed by atoms with Crippen LogP contribution in [0.3, 0.4) is 0 Å². The minimum Gasteiger partial charge on any atom is -0.481 e. The van der Waals surface area contributed by atoms with E-state index < -0.39 is 17.2 Å². The normalized spacial score (nSPS) is 10.1. The molecule has 1 aromatic rings. The molecule has 0 unspecified atom stereocenters. The maximum Gasteiger partial charge on any atom is 0.346 e. The number of carboxylic acid groups (broad SMARTS) is 1. The van der Waals surface area contributed by atoms with Crippen molar-refractivity contribution in [2.75, 3.05) is 11.9 Å². The van der Waals surface area contributed by atoms with Gasteiger partial charge >= 0.3 is 11.7 Å². The number of rotatable bonds is 4. The number of aliphatic carboxylic acids is 1. The quantitative estimate of drug-likeness (QED) is 0.640. The minimum absolute atomic E-state index is 0.0362. The van der Waals surface area contributed by atoms with Crippen molar-refractivity contribution in [2.45, 2.75) is 6.42 Å². The Labute approximate surface area is 90.1 Å². The Hall–Kier alpha value is -2.12. The maximum atomic E-state index is 11.5. The molecule has 1 heterocycles. The second kappa shape index (κ2) is 4.60. The molecule has 1 rings (SSSR count). The van der Waals surface area contributed by atoms with Crippen LogP contribution in [0.25, 0.3) is 0 Å². The molecule has 0 aromatic carbocycles. The first-order valence-corrected chi connectivity index (χ1v) is 4.53. The van der Waals surface area contributed by atoms with Gasteiger partial charge in [0, 0.05) is 20.6 Å². The molecule has 0 fully saturated rings. The SMILES string of the molecule is Cn1nc(NCCC(=O)O)c(=O)n(C)c1=O. The van der Waals surface area contributed by atoms with Gasteiger partial charge in [0.05, 0.1) is 6.42 Å². The highest BCUT2D eigenvalue weighted by molar-refractivity contribution is 5.67. The lowest BCUT2D eigenvalue weighted by Gasteiger charge is -2.06. The van der Waals surface area contributed by atoms with Crippen LogP contribution in [0.1, 0.15) is 6.42 Å². The summed E-state index contributed by atoms with van der Waals surface area (Å²) in [7, 11) is 2.73. The predicted molar refractivity (Wildman–Crippen MR) is 55.5 cm³/mol. The first kappa shape index (κ1) is 12.0. The van der Waals surface area contributed by atoms with Crippen molar-refractivity contribution in [3.8, 4) is 0 Å². The van der Waals surface area contributed by atoms with Gasteiger partial charge < -0.3 is 10.4 Å². The third-order valence-corrected chi connectivity index (χ3v) is 1.95. The minimum atomic E-state index is -0.978.